The maximum Gasteiger partial charge on any atom is 0.573 e. The van der Waals surface area contributed by atoms with Gasteiger partial charge in [-0.25, -0.2) is 14.8 Å². The zero-order chi connectivity index (χ0) is 31.6. The molecule has 1 aromatic carbocycles. The second-order valence-corrected chi connectivity index (χ2v) is 11.9. The molecule has 0 unspecified atom stereocenters. The highest BCUT2D eigenvalue weighted by Gasteiger charge is 2.33. The molecule has 2 fully saturated rings. The monoisotopic (exact) mass is 617 g/mol. The summed E-state index contributed by atoms with van der Waals surface area (Å²) in [5.41, 5.74) is 0.756. The smallest absolute Gasteiger partial charge is 0.444 e. The molecule has 5 rings (SSSR count). The van der Waals surface area contributed by atoms with Crippen molar-refractivity contribution in [1.29, 1.82) is 0 Å². The number of rotatable bonds is 5. The lowest BCUT2D eigenvalue weighted by atomic mass is 9.93. The maximum atomic E-state index is 13.6. The third kappa shape index (κ3) is 7.47. The molecule has 1 N–H and O–H groups in total. The number of piperidine rings is 1. The normalized spacial score (nSPS) is 17.0. The minimum Gasteiger partial charge on any atom is -0.444 e. The Kier molecular flexibility index (Phi) is 8.82. The first kappa shape index (κ1) is 31.2. The second-order valence-electron chi connectivity index (χ2n) is 11.9. The molecule has 0 atom stereocenters. The van der Waals surface area contributed by atoms with Crippen molar-refractivity contribution in [1.82, 2.24) is 19.4 Å². The van der Waals surface area contributed by atoms with Crippen molar-refractivity contribution in [2.45, 2.75) is 70.4 Å². The zero-order valence-electron chi connectivity index (χ0n) is 24.6. The third-order valence-corrected chi connectivity index (χ3v) is 7.55. The molecule has 2 saturated heterocycles. The summed E-state index contributed by atoms with van der Waals surface area (Å²) in [5, 5.41) is 2.38. The highest BCUT2D eigenvalue weighted by Crippen LogP contribution is 2.32. The quantitative estimate of drug-likeness (QED) is 0.403. The number of nitrogens with one attached hydrogen (secondary N) is 1. The van der Waals surface area contributed by atoms with Crippen LogP contribution in [-0.4, -0.2) is 69.7 Å². The van der Waals surface area contributed by atoms with E-state index in [1.807, 2.05) is 6.07 Å². The number of amides is 2. The number of carbonyl (C=O) groups is 2. The molecule has 2 aliphatic heterocycles. The Hall–Kier alpha value is -4.20. The molecule has 3 aromatic rings. The van der Waals surface area contributed by atoms with Crippen LogP contribution in [0.4, 0.5) is 23.7 Å². The lowest BCUT2D eigenvalue weighted by Crippen LogP contribution is -2.41. The summed E-state index contributed by atoms with van der Waals surface area (Å²) in [7, 11) is 0. The number of ether oxygens (including phenoxy) is 3. The molecule has 2 aliphatic rings. The fraction of sp³-hybridized carbons (Fsp3) is 0.500. The van der Waals surface area contributed by atoms with Crippen molar-refractivity contribution in [2.75, 3.05) is 31.6 Å². The summed E-state index contributed by atoms with van der Waals surface area (Å²) in [5.74, 6) is -0.782. The van der Waals surface area contributed by atoms with Gasteiger partial charge in [-0.3, -0.25) is 19.5 Å². The van der Waals surface area contributed by atoms with E-state index in [9.17, 15) is 27.6 Å². The van der Waals surface area contributed by atoms with Gasteiger partial charge in [-0.05, 0) is 76.1 Å². The molecule has 0 bridgehead atoms. The molecule has 0 radical (unpaired) electrons. The van der Waals surface area contributed by atoms with Crippen LogP contribution < -0.4 is 15.6 Å². The Bertz CT molecular complexity index is 1590. The van der Waals surface area contributed by atoms with Gasteiger partial charge in [0, 0.05) is 44.6 Å². The minimum absolute atomic E-state index is 0.0299. The topological polar surface area (TPSA) is 125 Å². The van der Waals surface area contributed by atoms with Crippen LogP contribution in [0.3, 0.4) is 0 Å². The van der Waals surface area contributed by atoms with Gasteiger partial charge in [0.2, 0.25) is 0 Å². The lowest BCUT2D eigenvalue weighted by Gasteiger charge is -2.33. The van der Waals surface area contributed by atoms with E-state index >= 15 is 0 Å². The van der Waals surface area contributed by atoms with Crippen molar-refractivity contribution in [3.8, 4) is 5.75 Å². The fourth-order valence-corrected chi connectivity index (χ4v) is 5.56. The Morgan fingerprint density at radius 3 is 2.36 bits per heavy atom. The Morgan fingerprint density at radius 2 is 1.70 bits per heavy atom. The number of aromatic nitrogens is 3. The Balaban J connectivity index is 1.34. The van der Waals surface area contributed by atoms with Crippen LogP contribution in [-0.2, 0) is 9.47 Å². The summed E-state index contributed by atoms with van der Waals surface area (Å²) in [6, 6.07) is 4.83. The number of halogens is 3. The number of likely N-dealkylation sites (tertiary alicyclic amines) is 1. The molecule has 44 heavy (non-hydrogen) atoms. The van der Waals surface area contributed by atoms with Crippen LogP contribution >= 0.6 is 0 Å². The van der Waals surface area contributed by atoms with Crippen molar-refractivity contribution in [2.24, 2.45) is 0 Å². The number of benzene rings is 1. The van der Waals surface area contributed by atoms with Crippen LogP contribution in [0, 0.1) is 0 Å². The number of carbonyl (C=O) groups excluding carboxylic acids is 2. The SMILES string of the molecule is CC(C)(C)OC(=O)Nc1cc(OC(F)(F)F)ccc1C(=O)N1CCC(n2c(=O)cnc3cc(C4CCOCC4)cnc32)CC1. The predicted molar refractivity (Wildman–Crippen MR) is 154 cm³/mol. The van der Waals surface area contributed by atoms with Gasteiger partial charge in [0.15, 0.2) is 5.65 Å². The molecule has 236 valence electrons. The summed E-state index contributed by atoms with van der Waals surface area (Å²) >= 11 is 0. The van der Waals surface area contributed by atoms with Gasteiger partial charge in [-0.2, -0.15) is 0 Å². The van der Waals surface area contributed by atoms with E-state index in [-0.39, 0.29) is 35.9 Å². The fourth-order valence-electron chi connectivity index (χ4n) is 5.56. The second kappa shape index (κ2) is 12.4. The molecular weight excluding hydrogens is 583 g/mol. The number of hydrogen-bond acceptors (Lipinski definition) is 8. The minimum atomic E-state index is -4.97. The molecule has 4 heterocycles. The van der Waals surface area contributed by atoms with Crippen LogP contribution in [0.2, 0.25) is 0 Å². The number of nitrogens with zero attached hydrogens (tertiary/aromatic N) is 4. The largest absolute Gasteiger partial charge is 0.573 e. The average molecular weight is 618 g/mol. The van der Waals surface area contributed by atoms with E-state index in [0.717, 1.165) is 30.5 Å². The number of fused-ring (bicyclic) bond motifs is 1. The van der Waals surface area contributed by atoms with Crippen molar-refractivity contribution in [3.63, 3.8) is 0 Å². The number of hydrogen-bond donors (Lipinski definition) is 1. The first-order valence-corrected chi connectivity index (χ1v) is 14.4. The van der Waals surface area contributed by atoms with Gasteiger partial charge in [0.1, 0.15) is 16.9 Å². The standard InChI is InChI=1S/C30H34F3N5O6/c1-29(2,3)44-28(41)36-23-15-21(43-30(31,32)33)4-5-22(23)27(40)37-10-6-20(7-11-37)38-25(39)17-34-24-14-19(16-35-26(24)38)18-8-12-42-13-9-18/h4-5,14-18,20H,6-13H2,1-3H3,(H,36,41). The molecule has 2 amide bonds. The average Bonchev–Trinajstić information content (AvgIpc) is 2.95. The van der Waals surface area contributed by atoms with Crippen LogP contribution in [0.1, 0.15) is 74.3 Å². The van der Waals surface area contributed by atoms with E-state index in [1.54, 1.807) is 31.5 Å². The summed E-state index contributed by atoms with van der Waals surface area (Å²) in [6.45, 7) is 6.78. The third-order valence-electron chi connectivity index (χ3n) is 7.55. The Labute approximate surface area is 251 Å². The molecular formula is C30H34F3N5O6. The summed E-state index contributed by atoms with van der Waals surface area (Å²) in [4.78, 5) is 49.5. The molecule has 11 nitrogen and oxygen atoms in total. The molecule has 2 aromatic heterocycles. The van der Waals surface area contributed by atoms with Gasteiger partial charge in [0.25, 0.3) is 11.5 Å². The van der Waals surface area contributed by atoms with Gasteiger partial charge >= 0.3 is 12.5 Å². The van der Waals surface area contributed by atoms with Crippen LogP contribution in [0.15, 0.2) is 41.5 Å². The van der Waals surface area contributed by atoms with Crippen LogP contribution in [0.5, 0.6) is 5.75 Å². The molecule has 0 saturated carbocycles. The maximum absolute atomic E-state index is 13.6. The summed E-state index contributed by atoms with van der Waals surface area (Å²) in [6.07, 6.45) is -0.178. The predicted octanol–water partition coefficient (Wildman–Crippen LogP) is 5.41. The van der Waals surface area contributed by atoms with Gasteiger partial charge in [0.05, 0.1) is 17.4 Å². The van der Waals surface area contributed by atoms with E-state index in [1.165, 1.54) is 17.2 Å². The molecule has 0 spiro atoms. The molecule has 14 heteroatoms. The van der Waals surface area contributed by atoms with E-state index in [4.69, 9.17) is 9.47 Å². The van der Waals surface area contributed by atoms with E-state index < -0.39 is 29.7 Å². The number of alkyl halides is 3. The first-order valence-electron chi connectivity index (χ1n) is 14.4. The zero-order valence-corrected chi connectivity index (χ0v) is 24.6. The van der Waals surface area contributed by atoms with Gasteiger partial charge in [-0.1, -0.05) is 0 Å². The first-order chi connectivity index (χ1) is 20.8. The van der Waals surface area contributed by atoms with E-state index in [2.05, 4.69) is 20.0 Å². The van der Waals surface area contributed by atoms with Gasteiger partial charge < -0.3 is 19.1 Å². The van der Waals surface area contributed by atoms with Crippen molar-refractivity contribution in [3.05, 3.63) is 58.1 Å². The highest BCUT2D eigenvalue weighted by atomic mass is 19.4. The van der Waals surface area contributed by atoms with Gasteiger partial charge in [-0.15, -0.1) is 13.2 Å². The number of anilines is 1. The van der Waals surface area contributed by atoms with E-state index in [0.29, 0.717) is 43.1 Å². The van der Waals surface area contributed by atoms with Crippen molar-refractivity contribution < 1.29 is 37.0 Å². The summed E-state index contributed by atoms with van der Waals surface area (Å²) < 4.78 is 54.9. The highest BCUT2D eigenvalue weighted by molar-refractivity contribution is 6.03. The van der Waals surface area contributed by atoms with Crippen molar-refractivity contribution >= 4 is 28.9 Å². The molecule has 0 aliphatic carbocycles. The number of pyridine rings is 1. The Morgan fingerprint density at radius 1 is 1.00 bits per heavy atom. The van der Waals surface area contributed by atoms with Crippen LogP contribution in [0.25, 0.3) is 11.2 Å². The lowest BCUT2D eigenvalue weighted by molar-refractivity contribution is -0.274.